The highest BCUT2D eigenvalue weighted by Gasteiger charge is 2.68. The van der Waals surface area contributed by atoms with Gasteiger partial charge in [-0.1, -0.05) is 85.7 Å². The van der Waals surface area contributed by atoms with Crippen LogP contribution in [-0.2, 0) is 48.0 Å². The van der Waals surface area contributed by atoms with Gasteiger partial charge in [-0.25, -0.2) is 9.59 Å². The number of amides is 2. The molecule has 4 unspecified atom stereocenters. The number of nitrogens with zero attached hydrogens (tertiary/aromatic N) is 1. The molecule has 0 radical (unpaired) electrons. The van der Waals surface area contributed by atoms with E-state index in [1.54, 1.807) is 57.2 Å². The van der Waals surface area contributed by atoms with E-state index in [2.05, 4.69) is 36.6 Å². The van der Waals surface area contributed by atoms with Crippen LogP contribution in [0.25, 0.3) is 0 Å². The summed E-state index contributed by atoms with van der Waals surface area (Å²) in [5.74, 6) is -0.611. The number of alkyl carbamates (subject to hydrolysis) is 1. The van der Waals surface area contributed by atoms with Gasteiger partial charge in [-0.3, -0.25) is 4.79 Å². The Bertz CT molecular complexity index is 1990. The fourth-order valence-electron chi connectivity index (χ4n) is 8.48. The number of oxime groups is 1. The van der Waals surface area contributed by atoms with Gasteiger partial charge < -0.3 is 39.0 Å². The lowest BCUT2D eigenvalue weighted by Crippen LogP contribution is -2.65. The van der Waals surface area contributed by atoms with Gasteiger partial charge >= 0.3 is 19.2 Å². The Morgan fingerprint density at radius 3 is 2.21 bits per heavy atom. The molecule has 2 amide bonds. The fourth-order valence-corrected chi connectivity index (χ4v) is 8.48. The normalized spacial score (nSPS) is 22.8. The SMILES string of the molecule is COc1c(C[C@H](NC(=O)C(=NOCc2ccccc2)c2ccc(CNC(=O)OC(C)(C)C)cc2)B2OC3CC4CC(C4(C)C)C3(C)O2)cccc1C(=O)OC(C)(C)C. The Morgan fingerprint density at radius 1 is 0.879 bits per heavy atom. The summed E-state index contributed by atoms with van der Waals surface area (Å²) in [6.07, 6.45) is 1.45. The van der Waals surface area contributed by atoms with E-state index in [9.17, 15) is 14.4 Å². The molecule has 2 N–H and O–H groups in total. The number of para-hydroxylation sites is 1. The average molecular weight is 796 g/mol. The first kappa shape index (κ1) is 42.7. The quantitative estimate of drug-likeness (QED) is 0.0775. The summed E-state index contributed by atoms with van der Waals surface area (Å²) < 4.78 is 30.6. The highest BCUT2D eigenvalue weighted by molar-refractivity contribution is 6.51. The van der Waals surface area contributed by atoms with Crippen molar-refractivity contribution in [1.82, 2.24) is 10.6 Å². The second kappa shape index (κ2) is 16.8. The van der Waals surface area contributed by atoms with Gasteiger partial charge in [0.15, 0.2) is 5.71 Å². The minimum atomic E-state index is -0.822. The molecule has 58 heavy (non-hydrogen) atoms. The van der Waals surface area contributed by atoms with Crippen LogP contribution in [0, 0.1) is 17.3 Å². The summed E-state index contributed by atoms with van der Waals surface area (Å²) in [5, 5.41) is 10.4. The summed E-state index contributed by atoms with van der Waals surface area (Å²) in [5.41, 5.74) is 1.35. The molecular weight excluding hydrogens is 737 g/mol. The first-order valence-corrected chi connectivity index (χ1v) is 20.1. The summed E-state index contributed by atoms with van der Waals surface area (Å²) in [6.45, 7) is 17.9. The molecule has 4 fully saturated rings. The van der Waals surface area contributed by atoms with E-state index in [0.29, 0.717) is 28.7 Å². The molecule has 1 saturated heterocycles. The van der Waals surface area contributed by atoms with Crippen molar-refractivity contribution in [1.29, 1.82) is 0 Å². The zero-order chi connectivity index (χ0) is 42.0. The third kappa shape index (κ3) is 9.69. The zero-order valence-electron chi connectivity index (χ0n) is 35.5. The van der Waals surface area contributed by atoms with Crippen molar-refractivity contribution < 1.29 is 42.7 Å². The molecule has 7 rings (SSSR count). The molecule has 1 heterocycles. The Hall–Kier alpha value is -4.88. The van der Waals surface area contributed by atoms with Gasteiger partial charge in [-0.05, 0) is 108 Å². The smallest absolute Gasteiger partial charge is 0.482 e. The van der Waals surface area contributed by atoms with Crippen LogP contribution >= 0.6 is 0 Å². The van der Waals surface area contributed by atoms with Gasteiger partial charge in [0.2, 0.25) is 0 Å². The number of hydrogen-bond acceptors (Lipinski definition) is 10. The summed E-state index contributed by atoms with van der Waals surface area (Å²) in [4.78, 5) is 46.1. The molecule has 3 aromatic carbocycles. The predicted molar refractivity (Wildman–Crippen MR) is 221 cm³/mol. The fraction of sp³-hybridized carbons (Fsp3) is 0.511. The summed E-state index contributed by atoms with van der Waals surface area (Å²) in [7, 11) is 0.687. The van der Waals surface area contributed by atoms with Crippen molar-refractivity contribution in [3.8, 4) is 5.75 Å². The molecule has 3 saturated carbocycles. The topological polar surface area (TPSA) is 143 Å². The van der Waals surface area contributed by atoms with Gasteiger partial charge in [0.05, 0.1) is 24.8 Å². The van der Waals surface area contributed by atoms with E-state index >= 15 is 0 Å². The molecule has 0 aromatic heterocycles. The van der Waals surface area contributed by atoms with Crippen LogP contribution in [0.3, 0.4) is 0 Å². The molecule has 13 heteroatoms. The van der Waals surface area contributed by atoms with Crippen LogP contribution < -0.4 is 15.4 Å². The van der Waals surface area contributed by atoms with Gasteiger partial charge in [0, 0.05) is 12.1 Å². The lowest BCUT2D eigenvalue weighted by molar-refractivity contribution is -0.199. The third-order valence-corrected chi connectivity index (χ3v) is 11.5. The number of carbonyl (C=O) groups excluding carboxylic acids is 3. The number of rotatable bonds is 13. The second-order valence-corrected chi connectivity index (χ2v) is 18.4. The third-order valence-electron chi connectivity index (χ3n) is 11.5. The Morgan fingerprint density at radius 2 is 1.57 bits per heavy atom. The largest absolute Gasteiger partial charge is 0.496 e. The van der Waals surface area contributed by atoms with Crippen molar-refractivity contribution in [3.05, 3.63) is 101 Å². The van der Waals surface area contributed by atoms with Gasteiger partial charge in [-0.15, -0.1) is 0 Å². The van der Waals surface area contributed by atoms with Crippen LogP contribution in [0.15, 0.2) is 78.0 Å². The maximum absolute atomic E-state index is 14.6. The number of carbonyl (C=O) groups is 3. The van der Waals surface area contributed by atoms with Crippen LogP contribution in [0.5, 0.6) is 5.75 Å². The van der Waals surface area contributed by atoms with E-state index in [0.717, 1.165) is 24.0 Å². The molecule has 310 valence electrons. The maximum Gasteiger partial charge on any atom is 0.482 e. The predicted octanol–water partition coefficient (Wildman–Crippen LogP) is 7.59. The van der Waals surface area contributed by atoms with Crippen molar-refractivity contribution in [2.75, 3.05) is 7.11 Å². The van der Waals surface area contributed by atoms with Gasteiger partial charge in [0.25, 0.3) is 5.91 Å². The monoisotopic (exact) mass is 795 g/mol. The van der Waals surface area contributed by atoms with Crippen LogP contribution in [0.4, 0.5) is 4.79 Å². The van der Waals surface area contributed by atoms with Gasteiger partial charge in [0.1, 0.15) is 29.1 Å². The first-order valence-electron chi connectivity index (χ1n) is 20.1. The number of hydrogen-bond donors (Lipinski definition) is 2. The Labute approximate surface area is 342 Å². The highest BCUT2D eigenvalue weighted by Crippen LogP contribution is 2.65. The molecule has 12 nitrogen and oxygen atoms in total. The number of benzene rings is 3. The van der Waals surface area contributed by atoms with Gasteiger partial charge in [-0.2, -0.15) is 0 Å². The molecule has 2 bridgehead atoms. The molecule has 1 aliphatic heterocycles. The number of nitrogens with one attached hydrogen (secondary N) is 2. The number of esters is 1. The molecule has 3 aromatic rings. The molecule has 5 atom stereocenters. The van der Waals surface area contributed by atoms with Crippen molar-refractivity contribution in [3.63, 3.8) is 0 Å². The molecule has 3 aliphatic carbocycles. The van der Waals surface area contributed by atoms with Crippen LogP contribution in [-0.4, -0.2) is 66.8 Å². The summed E-state index contributed by atoms with van der Waals surface area (Å²) in [6, 6.07) is 22.0. The Kier molecular flexibility index (Phi) is 12.4. The Balaban J connectivity index is 1.31. The van der Waals surface area contributed by atoms with Crippen molar-refractivity contribution in [2.24, 2.45) is 22.4 Å². The second-order valence-electron chi connectivity index (χ2n) is 18.4. The van der Waals surface area contributed by atoms with E-state index in [-0.39, 0.29) is 42.4 Å². The summed E-state index contributed by atoms with van der Waals surface area (Å²) >= 11 is 0. The van der Waals surface area contributed by atoms with Crippen LogP contribution in [0.2, 0.25) is 0 Å². The molecule has 0 spiro atoms. The molecule has 4 aliphatic rings. The highest BCUT2D eigenvalue weighted by atomic mass is 16.7. The number of methoxy groups -OCH3 is 1. The van der Waals surface area contributed by atoms with Crippen molar-refractivity contribution in [2.45, 2.75) is 124 Å². The lowest BCUT2D eigenvalue weighted by atomic mass is 9.43. The standard InChI is InChI=1S/C45H58BN3O9/c1-42(2,3)55-40(51)33-18-14-17-31(38(33)53-10)23-36(46-57-35-25-32-24-34(44(32,7)8)45(35,9)58-46)48-39(50)37(49-54-27-29-15-12-11-13-16-29)30-21-19-28(20-22-30)26-47-41(52)56-43(4,5)6/h11-22,32,34-36H,23-27H2,1-10H3,(H,47,52)(H,48,50)/t32?,34?,35?,36-,45?/m0/s1. The maximum atomic E-state index is 14.6. The van der Waals surface area contributed by atoms with E-state index in [1.165, 1.54) is 7.11 Å². The minimum Gasteiger partial charge on any atom is -0.496 e. The van der Waals surface area contributed by atoms with E-state index in [1.807, 2.05) is 57.2 Å². The minimum absolute atomic E-state index is 0.0343. The number of ether oxygens (including phenoxy) is 3. The average Bonchev–Trinajstić information content (AvgIpc) is 3.52. The molecular formula is C45H58BN3O9. The van der Waals surface area contributed by atoms with Crippen LogP contribution in [0.1, 0.15) is 108 Å². The van der Waals surface area contributed by atoms with E-state index in [4.69, 9.17) is 28.4 Å². The lowest BCUT2D eigenvalue weighted by Gasteiger charge is -2.64. The van der Waals surface area contributed by atoms with Crippen molar-refractivity contribution >= 4 is 30.8 Å². The first-order chi connectivity index (χ1) is 27.3. The zero-order valence-corrected chi connectivity index (χ0v) is 35.5. The van der Waals surface area contributed by atoms with E-state index < -0.39 is 47.8 Å².